The standard InChI is InChI=1S/C18H11ClN6O4/c1-24-12-6-10(14-15(13(12)21-23-24)29-18(27)17(26)28-14)7-25-8-20-16(22-25)9-3-2-4-11(19)5-9/h2-6,8H,7H2,1H3. The van der Waals surface area contributed by atoms with Crippen LogP contribution in [0.3, 0.4) is 0 Å². The molecule has 0 aliphatic rings. The van der Waals surface area contributed by atoms with Crippen molar-refractivity contribution in [1.82, 2.24) is 29.8 Å². The maximum Gasteiger partial charge on any atom is 0.423 e. The molecule has 0 saturated heterocycles. The highest BCUT2D eigenvalue weighted by Crippen LogP contribution is 2.26. The molecule has 0 saturated carbocycles. The third-order valence-electron chi connectivity index (χ3n) is 4.40. The van der Waals surface area contributed by atoms with Crippen LogP contribution >= 0.6 is 11.6 Å². The minimum atomic E-state index is -1.11. The molecule has 10 nitrogen and oxygen atoms in total. The van der Waals surface area contributed by atoms with Gasteiger partial charge in [0.2, 0.25) is 5.58 Å². The van der Waals surface area contributed by atoms with Gasteiger partial charge in [-0.25, -0.2) is 23.9 Å². The minimum Gasteiger partial charge on any atom is -0.414 e. The van der Waals surface area contributed by atoms with E-state index in [0.717, 1.165) is 5.56 Å². The highest BCUT2D eigenvalue weighted by molar-refractivity contribution is 6.30. The molecule has 144 valence electrons. The fourth-order valence-electron chi connectivity index (χ4n) is 3.07. The van der Waals surface area contributed by atoms with E-state index in [1.807, 2.05) is 12.1 Å². The summed E-state index contributed by atoms with van der Waals surface area (Å²) in [7, 11) is 1.70. The van der Waals surface area contributed by atoms with Gasteiger partial charge >= 0.3 is 11.3 Å². The van der Waals surface area contributed by atoms with Gasteiger partial charge in [-0.2, -0.15) is 5.10 Å². The first-order valence-corrected chi connectivity index (χ1v) is 8.82. The Morgan fingerprint density at radius 2 is 1.90 bits per heavy atom. The second-order valence-corrected chi connectivity index (χ2v) is 6.77. The van der Waals surface area contributed by atoms with Crippen molar-refractivity contribution in [3.63, 3.8) is 0 Å². The number of nitrogens with zero attached hydrogens (tertiary/aromatic N) is 6. The van der Waals surface area contributed by atoms with Gasteiger partial charge in [-0.05, 0) is 18.2 Å². The van der Waals surface area contributed by atoms with Gasteiger partial charge in [-0.15, -0.1) is 5.10 Å². The van der Waals surface area contributed by atoms with Gasteiger partial charge in [0.25, 0.3) is 0 Å². The number of hydrogen-bond donors (Lipinski definition) is 0. The van der Waals surface area contributed by atoms with Crippen LogP contribution in [-0.2, 0) is 13.6 Å². The molecule has 0 radical (unpaired) electrons. The highest BCUT2D eigenvalue weighted by atomic mass is 35.5. The summed E-state index contributed by atoms with van der Waals surface area (Å²) in [6, 6.07) is 8.94. The lowest BCUT2D eigenvalue weighted by Gasteiger charge is -2.05. The van der Waals surface area contributed by atoms with Gasteiger partial charge < -0.3 is 8.83 Å². The second-order valence-electron chi connectivity index (χ2n) is 6.33. The first-order valence-electron chi connectivity index (χ1n) is 8.44. The van der Waals surface area contributed by atoms with Crippen LogP contribution in [0.15, 0.2) is 55.1 Å². The topological polar surface area (TPSA) is 122 Å². The summed E-state index contributed by atoms with van der Waals surface area (Å²) in [5, 5.41) is 13.0. The number of aryl methyl sites for hydroxylation is 1. The van der Waals surface area contributed by atoms with Crippen molar-refractivity contribution in [2.75, 3.05) is 0 Å². The Morgan fingerprint density at radius 3 is 2.69 bits per heavy atom. The Hall–Kier alpha value is -3.79. The van der Waals surface area contributed by atoms with Crippen LogP contribution in [0, 0.1) is 0 Å². The molecule has 0 aliphatic heterocycles. The maximum atomic E-state index is 11.7. The normalized spacial score (nSPS) is 11.5. The van der Waals surface area contributed by atoms with E-state index in [1.54, 1.807) is 36.3 Å². The molecule has 5 aromatic rings. The van der Waals surface area contributed by atoms with E-state index in [0.29, 0.717) is 27.4 Å². The van der Waals surface area contributed by atoms with E-state index in [-0.39, 0.29) is 17.7 Å². The van der Waals surface area contributed by atoms with Crippen molar-refractivity contribution in [2.24, 2.45) is 7.05 Å². The number of hydrogen-bond acceptors (Lipinski definition) is 8. The summed E-state index contributed by atoms with van der Waals surface area (Å²) < 4.78 is 13.5. The molecule has 0 amide bonds. The van der Waals surface area contributed by atoms with Gasteiger partial charge in [-0.3, -0.25) is 0 Å². The van der Waals surface area contributed by atoms with Crippen LogP contribution in [-0.4, -0.2) is 29.8 Å². The largest absolute Gasteiger partial charge is 0.423 e. The molecule has 0 atom stereocenters. The summed E-state index contributed by atoms with van der Waals surface area (Å²) in [5.74, 6) is 0.494. The van der Waals surface area contributed by atoms with Crippen molar-refractivity contribution >= 4 is 33.8 Å². The average Bonchev–Trinajstić information content (AvgIpc) is 3.31. The Balaban J connectivity index is 1.65. The highest BCUT2D eigenvalue weighted by Gasteiger charge is 2.18. The van der Waals surface area contributed by atoms with Gasteiger partial charge in [0.15, 0.2) is 16.9 Å². The van der Waals surface area contributed by atoms with Crippen LogP contribution < -0.4 is 11.3 Å². The fourth-order valence-corrected chi connectivity index (χ4v) is 3.26. The van der Waals surface area contributed by atoms with Crippen molar-refractivity contribution in [1.29, 1.82) is 0 Å². The third-order valence-corrected chi connectivity index (χ3v) is 4.64. The zero-order chi connectivity index (χ0) is 20.1. The lowest BCUT2D eigenvalue weighted by atomic mass is 10.1. The van der Waals surface area contributed by atoms with Gasteiger partial charge in [0.1, 0.15) is 6.33 Å². The van der Waals surface area contributed by atoms with E-state index in [2.05, 4.69) is 20.4 Å². The molecule has 3 aromatic heterocycles. The van der Waals surface area contributed by atoms with E-state index >= 15 is 0 Å². The molecule has 0 fully saturated rings. The smallest absolute Gasteiger partial charge is 0.414 e. The van der Waals surface area contributed by atoms with Crippen LogP contribution in [0.5, 0.6) is 0 Å². The van der Waals surface area contributed by atoms with Crippen LogP contribution in [0.2, 0.25) is 5.02 Å². The van der Waals surface area contributed by atoms with Crippen molar-refractivity contribution in [3.8, 4) is 11.4 Å². The molecule has 0 aliphatic carbocycles. The van der Waals surface area contributed by atoms with E-state index < -0.39 is 11.3 Å². The lowest BCUT2D eigenvalue weighted by Crippen LogP contribution is -2.21. The SMILES string of the molecule is Cn1nnc2c3oc(=O)c(=O)oc3c(Cn3cnc(-c4cccc(Cl)c4)n3)cc21. The maximum absolute atomic E-state index is 11.7. The molecular formula is C18H11ClN6O4. The Morgan fingerprint density at radius 1 is 1.10 bits per heavy atom. The predicted octanol–water partition coefficient (Wildman–Crippen LogP) is 1.99. The quantitative estimate of drug-likeness (QED) is 0.414. The van der Waals surface area contributed by atoms with Gasteiger partial charge in [0, 0.05) is 23.2 Å². The molecule has 0 unspecified atom stereocenters. The van der Waals surface area contributed by atoms with Crippen molar-refractivity contribution < 1.29 is 8.83 Å². The molecule has 0 spiro atoms. The fraction of sp³-hybridized carbons (Fsp3) is 0.111. The zero-order valence-corrected chi connectivity index (χ0v) is 15.6. The Kier molecular flexibility index (Phi) is 3.81. The Bertz CT molecular complexity index is 1510. The summed E-state index contributed by atoms with van der Waals surface area (Å²) in [6.45, 7) is 0.210. The number of rotatable bonds is 3. The summed E-state index contributed by atoms with van der Waals surface area (Å²) in [4.78, 5) is 27.7. The van der Waals surface area contributed by atoms with Crippen molar-refractivity contribution in [3.05, 3.63) is 68.1 Å². The Labute approximate surface area is 165 Å². The van der Waals surface area contributed by atoms with E-state index in [9.17, 15) is 9.59 Å². The first kappa shape index (κ1) is 17.3. The van der Waals surface area contributed by atoms with Crippen LogP contribution in [0.25, 0.3) is 33.6 Å². The molecule has 11 heteroatoms. The summed E-state index contributed by atoms with van der Waals surface area (Å²) in [5.41, 5.74) is 0.231. The monoisotopic (exact) mass is 410 g/mol. The van der Waals surface area contributed by atoms with Crippen molar-refractivity contribution in [2.45, 2.75) is 6.54 Å². The van der Waals surface area contributed by atoms with Gasteiger partial charge in [-0.1, -0.05) is 28.9 Å². The van der Waals surface area contributed by atoms with E-state index in [4.69, 9.17) is 20.4 Å². The van der Waals surface area contributed by atoms with E-state index in [1.165, 1.54) is 4.68 Å². The summed E-state index contributed by atoms with van der Waals surface area (Å²) in [6.07, 6.45) is 1.55. The molecule has 2 aromatic carbocycles. The first-order chi connectivity index (χ1) is 14.0. The zero-order valence-electron chi connectivity index (χ0n) is 14.9. The summed E-state index contributed by atoms with van der Waals surface area (Å²) >= 11 is 6.03. The number of aromatic nitrogens is 6. The van der Waals surface area contributed by atoms with Crippen LogP contribution in [0.4, 0.5) is 0 Å². The molecular weight excluding hydrogens is 400 g/mol. The minimum absolute atomic E-state index is 0.0605. The van der Waals surface area contributed by atoms with Crippen LogP contribution in [0.1, 0.15) is 5.56 Å². The predicted molar refractivity (Wildman–Crippen MR) is 103 cm³/mol. The molecule has 29 heavy (non-hydrogen) atoms. The number of fused-ring (bicyclic) bond motifs is 3. The van der Waals surface area contributed by atoms with Gasteiger partial charge in [0.05, 0.1) is 12.1 Å². The molecule has 0 N–H and O–H groups in total. The molecule has 3 heterocycles. The third kappa shape index (κ3) is 2.90. The second kappa shape index (κ2) is 6.38. The number of benzene rings is 2. The molecule has 0 bridgehead atoms. The number of halogens is 1. The average molecular weight is 411 g/mol. The molecule has 5 rings (SSSR count). The lowest BCUT2D eigenvalue weighted by molar-refractivity contribution is 0.447.